The van der Waals surface area contributed by atoms with Gasteiger partial charge in [0.2, 0.25) is 5.91 Å². The third-order valence-corrected chi connectivity index (χ3v) is 2.95. The van der Waals surface area contributed by atoms with Gasteiger partial charge in [-0.05, 0) is 32.7 Å². The Morgan fingerprint density at radius 1 is 1.56 bits per heavy atom. The van der Waals surface area contributed by atoms with Crippen LogP contribution < -0.4 is 5.32 Å². The van der Waals surface area contributed by atoms with Gasteiger partial charge < -0.3 is 10.4 Å². The Morgan fingerprint density at radius 2 is 2.19 bits per heavy atom. The normalized spacial score (nSPS) is 18.4. The second-order valence-corrected chi connectivity index (χ2v) is 4.41. The maximum atomic E-state index is 11.7. The van der Waals surface area contributed by atoms with Gasteiger partial charge in [-0.3, -0.25) is 9.69 Å². The van der Waals surface area contributed by atoms with Gasteiger partial charge in [0.05, 0.1) is 19.2 Å². The van der Waals surface area contributed by atoms with Crippen LogP contribution in [0.1, 0.15) is 25.7 Å². The highest BCUT2D eigenvalue weighted by atomic mass is 16.3. The van der Waals surface area contributed by atoms with Gasteiger partial charge in [0.25, 0.3) is 0 Å². The summed E-state index contributed by atoms with van der Waals surface area (Å²) in [5, 5.41) is 20.6. The lowest BCUT2D eigenvalue weighted by atomic mass is 10.00. The van der Waals surface area contributed by atoms with Crippen LogP contribution in [0, 0.1) is 11.3 Å². The van der Waals surface area contributed by atoms with E-state index in [9.17, 15) is 4.79 Å². The van der Waals surface area contributed by atoms with Gasteiger partial charge in [-0.25, -0.2) is 0 Å². The number of hydrogen-bond acceptors (Lipinski definition) is 4. The lowest BCUT2D eigenvalue weighted by Crippen LogP contribution is -2.48. The van der Waals surface area contributed by atoms with Crippen molar-refractivity contribution in [3.8, 4) is 6.07 Å². The molecule has 1 aliphatic rings. The molecule has 0 spiro atoms. The number of aliphatic hydroxyl groups is 1. The van der Waals surface area contributed by atoms with E-state index in [0.29, 0.717) is 6.54 Å². The van der Waals surface area contributed by atoms with Gasteiger partial charge in [0, 0.05) is 6.54 Å². The summed E-state index contributed by atoms with van der Waals surface area (Å²) in [6.45, 7) is 0.726. The van der Waals surface area contributed by atoms with Crippen molar-refractivity contribution in [2.24, 2.45) is 0 Å². The number of aliphatic hydroxyl groups excluding tert-OH is 1. The fourth-order valence-corrected chi connectivity index (χ4v) is 2.04. The van der Waals surface area contributed by atoms with Crippen LogP contribution in [0.5, 0.6) is 0 Å². The Hall–Kier alpha value is -1.12. The predicted molar refractivity (Wildman–Crippen MR) is 59.5 cm³/mol. The number of nitrogens with zero attached hydrogens (tertiary/aromatic N) is 2. The highest BCUT2D eigenvalue weighted by molar-refractivity contribution is 5.79. The van der Waals surface area contributed by atoms with Gasteiger partial charge >= 0.3 is 0 Å². The monoisotopic (exact) mass is 225 g/mol. The third kappa shape index (κ3) is 3.47. The van der Waals surface area contributed by atoms with Crippen molar-refractivity contribution >= 4 is 5.91 Å². The highest BCUT2D eigenvalue weighted by Crippen LogP contribution is 2.28. The number of rotatable bonds is 5. The van der Waals surface area contributed by atoms with Crippen molar-refractivity contribution in [3.63, 3.8) is 0 Å². The summed E-state index contributed by atoms with van der Waals surface area (Å²) in [7, 11) is 1.77. The number of hydrogen-bond donors (Lipinski definition) is 2. The minimum absolute atomic E-state index is 0.0349. The molecule has 1 saturated carbocycles. The Bertz CT molecular complexity index is 279. The number of amides is 1. The lowest BCUT2D eigenvalue weighted by Gasteiger charge is -2.23. The van der Waals surface area contributed by atoms with Gasteiger partial charge in [0.15, 0.2) is 0 Å². The fraction of sp³-hybridized carbons (Fsp3) is 0.818. The first-order valence-electron chi connectivity index (χ1n) is 5.63. The van der Waals surface area contributed by atoms with Crippen LogP contribution in [0.4, 0.5) is 0 Å². The molecule has 0 aromatic rings. The molecular weight excluding hydrogens is 206 g/mol. The Kier molecular flexibility index (Phi) is 4.71. The van der Waals surface area contributed by atoms with Crippen LogP contribution >= 0.6 is 0 Å². The molecule has 5 heteroatoms. The molecule has 1 aliphatic carbocycles. The van der Waals surface area contributed by atoms with E-state index in [1.807, 2.05) is 0 Å². The smallest absolute Gasteiger partial charge is 0.235 e. The molecule has 0 saturated heterocycles. The van der Waals surface area contributed by atoms with Crippen molar-refractivity contribution in [3.05, 3.63) is 0 Å². The largest absolute Gasteiger partial charge is 0.395 e. The quantitative estimate of drug-likeness (QED) is 0.683. The minimum Gasteiger partial charge on any atom is -0.395 e. The maximum absolute atomic E-state index is 11.7. The molecule has 0 aromatic carbocycles. The number of nitriles is 1. The second kappa shape index (κ2) is 5.83. The molecule has 0 unspecified atom stereocenters. The van der Waals surface area contributed by atoms with Crippen molar-refractivity contribution < 1.29 is 9.90 Å². The molecule has 0 aliphatic heterocycles. The lowest BCUT2D eigenvalue weighted by molar-refractivity contribution is -0.123. The number of carbonyl (C=O) groups excluding carboxylic acids is 1. The van der Waals surface area contributed by atoms with Crippen molar-refractivity contribution in [1.82, 2.24) is 10.2 Å². The Morgan fingerprint density at radius 3 is 2.69 bits per heavy atom. The average molecular weight is 225 g/mol. The topological polar surface area (TPSA) is 76.4 Å². The average Bonchev–Trinajstić information content (AvgIpc) is 2.67. The van der Waals surface area contributed by atoms with Gasteiger partial charge in [-0.15, -0.1) is 0 Å². The molecule has 0 radical (unpaired) electrons. The zero-order valence-electron chi connectivity index (χ0n) is 9.70. The predicted octanol–water partition coefficient (Wildman–Crippen LogP) is -0.137. The second-order valence-electron chi connectivity index (χ2n) is 4.41. The van der Waals surface area contributed by atoms with Crippen LogP contribution in [0.3, 0.4) is 0 Å². The van der Waals surface area contributed by atoms with Gasteiger partial charge in [-0.2, -0.15) is 5.26 Å². The number of nitrogens with one attached hydrogen (secondary N) is 1. The zero-order valence-corrected chi connectivity index (χ0v) is 9.70. The molecule has 16 heavy (non-hydrogen) atoms. The van der Waals surface area contributed by atoms with E-state index in [1.165, 1.54) is 0 Å². The molecule has 0 aromatic heterocycles. The van der Waals surface area contributed by atoms with Crippen molar-refractivity contribution in [1.29, 1.82) is 5.26 Å². The van der Waals surface area contributed by atoms with E-state index < -0.39 is 5.54 Å². The van der Waals surface area contributed by atoms with E-state index in [2.05, 4.69) is 11.4 Å². The summed E-state index contributed by atoms with van der Waals surface area (Å²) in [5.74, 6) is -0.139. The molecule has 90 valence electrons. The first kappa shape index (κ1) is 12.9. The zero-order chi connectivity index (χ0) is 12.0. The number of likely N-dealkylation sites (N-methyl/N-ethyl adjacent to an activating group) is 1. The Labute approximate surface area is 96.0 Å². The van der Waals surface area contributed by atoms with E-state index >= 15 is 0 Å². The first-order chi connectivity index (χ1) is 7.62. The van der Waals surface area contributed by atoms with Crippen molar-refractivity contribution in [2.45, 2.75) is 31.2 Å². The molecule has 1 rings (SSSR count). The van der Waals surface area contributed by atoms with E-state index in [-0.39, 0.29) is 19.1 Å². The van der Waals surface area contributed by atoms with Gasteiger partial charge in [0.1, 0.15) is 5.54 Å². The molecule has 0 atom stereocenters. The van der Waals surface area contributed by atoms with Crippen LogP contribution in [0.2, 0.25) is 0 Å². The molecular formula is C11H19N3O2. The molecule has 1 fully saturated rings. The van der Waals surface area contributed by atoms with E-state index in [4.69, 9.17) is 10.4 Å². The molecule has 5 nitrogen and oxygen atoms in total. The van der Waals surface area contributed by atoms with E-state index in [1.54, 1.807) is 11.9 Å². The molecule has 0 bridgehead atoms. The SMILES string of the molecule is CN(CCO)CC(=O)NC1(C#N)CCCC1. The van der Waals surface area contributed by atoms with E-state index in [0.717, 1.165) is 25.7 Å². The van der Waals surface area contributed by atoms with Crippen LogP contribution in [0.15, 0.2) is 0 Å². The fourth-order valence-electron chi connectivity index (χ4n) is 2.04. The molecule has 1 amide bonds. The summed E-state index contributed by atoms with van der Waals surface area (Å²) >= 11 is 0. The van der Waals surface area contributed by atoms with Crippen LogP contribution in [-0.4, -0.2) is 48.2 Å². The summed E-state index contributed by atoms with van der Waals surface area (Å²) in [5.41, 5.74) is -0.642. The molecule has 0 heterocycles. The van der Waals surface area contributed by atoms with Crippen LogP contribution in [0.25, 0.3) is 0 Å². The summed E-state index contributed by atoms with van der Waals surface area (Å²) in [4.78, 5) is 13.4. The van der Waals surface area contributed by atoms with Gasteiger partial charge in [-0.1, -0.05) is 0 Å². The van der Waals surface area contributed by atoms with Crippen molar-refractivity contribution in [2.75, 3.05) is 26.7 Å². The first-order valence-corrected chi connectivity index (χ1v) is 5.63. The molecule has 2 N–H and O–H groups in total. The highest BCUT2D eigenvalue weighted by Gasteiger charge is 2.35. The van der Waals surface area contributed by atoms with Crippen LogP contribution in [-0.2, 0) is 4.79 Å². The summed E-state index contributed by atoms with van der Waals surface area (Å²) in [6, 6.07) is 2.21. The minimum atomic E-state index is -0.642. The summed E-state index contributed by atoms with van der Waals surface area (Å²) in [6.07, 6.45) is 3.50. The third-order valence-electron chi connectivity index (χ3n) is 2.95. The summed E-state index contributed by atoms with van der Waals surface area (Å²) < 4.78 is 0. The Balaban J connectivity index is 2.41. The number of carbonyl (C=O) groups is 1. The standard InChI is InChI=1S/C11H19N3O2/c1-14(6-7-15)8-10(16)13-11(9-12)4-2-3-5-11/h15H,2-8H2,1H3,(H,13,16). The maximum Gasteiger partial charge on any atom is 0.235 e.